The minimum Gasteiger partial charge on any atom is -0.611 e. The molecular weight excluding hydrogens is 294 g/mol. The molecule has 60 valence electrons. The van der Waals surface area contributed by atoms with Gasteiger partial charge in [-0.05, 0) is 58.0 Å². The van der Waals surface area contributed by atoms with Crippen molar-refractivity contribution < 1.29 is 4.55 Å². The fourth-order valence-corrected chi connectivity index (χ4v) is 2.42. The van der Waals surface area contributed by atoms with Gasteiger partial charge in [0.15, 0.2) is 8.66 Å². The molecule has 0 fully saturated rings. The summed E-state index contributed by atoms with van der Waals surface area (Å²) in [7, 11) is 0. The second kappa shape index (κ2) is 4.54. The van der Waals surface area contributed by atoms with E-state index in [1.165, 1.54) is 0 Å². The summed E-state index contributed by atoms with van der Waals surface area (Å²) < 4.78 is 11.8. The van der Waals surface area contributed by atoms with Gasteiger partial charge in [-0.3, -0.25) is 0 Å². The number of halogens is 2. The van der Waals surface area contributed by atoms with Gasteiger partial charge in [-0.1, -0.05) is 11.6 Å². The van der Waals surface area contributed by atoms with Crippen molar-refractivity contribution in [2.45, 2.75) is 4.90 Å². The highest BCUT2D eigenvalue weighted by Crippen LogP contribution is 2.16. The summed E-state index contributed by atoms with van der Waals surface area (Å²) in [5, 5.41) is 0.680. The summed E-state index contributed by atoms with van der Waals surface area (Å²) in [4.78, 5) is 0.837. The molecule has 1 rings (SSSR count). The van der Waals surface area contributed by atoms with E-state index in [4.69, 9.17) is 11.6 Å². The lowest BCUT2D eigenvalue weighted by atomic mass is 10.4. The molecule has 0 aliphatic rings. The molecular formula is C7H6ClIOS. The van der Waals surface area contributed by atoms with Gasteiger partial charge < -0.3 is 4.55 Å². The maximum atomic E-state index is 11.2. The topological polar surface area (TPSA) is 23.1 Å². The normalized spacial score (nSPS) is 13.0. The van der Waals surface area contributed by atoms with E-state index in [2.05, 4.69) is 22.6 Å². The molecule has 0 aliphatic carbocycles. The molecule has 0 aliphatic heterocycles. The van der Waals surface area contributed by atoms with E-state index >= 15 is 0 Å². The molecule has 0 N–H and O–H groups in total. The second-order valence-corrected chi connectivity index (χ2v) is 5.59. The van der Waals surface area contributed by atoms with Crippen LogP contribution in [0.1, 0.15) is 0 Å². The van der Waals surface area contributed by atoms with Crippen LogP contribution in [0.25, 0.3) is 0 Å². The maximum Gasteiger partial charge on any atom is 0.160 e. The van der Waals surface area contributed by atoms with Crippen molar-refractivity contribution in [2.75, 3.05) is 3.76 Å². The first-order valence-electron chi connectivity index (χ1n) is 2.94. The molecule has 1 unspecified atom stereocenters. The number of hydrogen-bond acceptors (Lipinski definition) is 1. The molecule has 0 bridgehead atoms. The molecule has 0 saturated carbocycles. The van der Waals surface area contributed by atoms with E-state index in [0.717, 1.165) is 4.90 Å². The molecule has 0 amide bonds. The van der Waals surface area contributed by atoms with E-state index in [-0.39, 0.29) is 0 Å². The standard InChI is InChI=1S/C7H6ClIOS/c8-6-1-3-7(4-2-6)11(10)5-9/h1-4H,5H2. The smallest absolute Gasteiger partial charge is 0.160 e. The molecule has 11 heavy (non-hydrogen) atoms. The van der Waals surface area contributed by atoms with Crippen molar-refractivity contribution >= 4 is 45.4 Å². The summed E-state index contributed by atoms with van der Waals surface area (Å²) in [6.45, 7) is 0. The summed E-state index contributed by atoms with van der Waals surface area (Å²) in [5.74, 6) is 0. The van der Waals surface area contributed by atoms with Crippen molar-refractivity contribution in [3.05, 3.63) is 29.3 Å². The summed E-state index contributed by atoms with van der Waals surface area (Å²) in [5.41, 5.74) is 0. The Bertz CT molecular complexity index is 226. The minimum absolute atomic E-state index is 0.624. The third-order valence-electron chi connectivity index (χ3n) is 1.18. The number of hydrogen-bond donors (Lipinski definition) is 0. The first kappa shape index (κ1) is 9.64. The van der Waals surface area contributed by atoms with E-state index in [9.17, 15) is 4.55 Å². The number of benzene rings is 1. The molecule has 4 heteroatoms. The van der Waals surface area contributed by atoms with Crippen LogP contribution in [-0.2, 0) is 11.2 Å². The van der Waals surface area contributed by atoms with Crippen LogP contribution in [0.5, 0.6) is 0 Å². The summed E-state index contributed by atoms with van der Waals surface area (Å²) in [6.07, 6.45) is 0. The Kier molecular flexibility index (Phi) is 3.98. The molecule has 1 aromatic carbocycles. The fraction of sp³-hybridized carbons (Fsp3) is 0.143. The van der Waals surface area contributed by atoms with Crippen molar-refractivity contribution in [1.29, 1.82) is 0 Å². The summed E-state index contributed by atoms with van der Waals surface area (Å²) in [6, 6.07) is 7.08. The van der Waals surface area contributed by atoms with E-state index in [1.54, 1.807) is 24.3 Å². The number of rotatable bonds is 2. The van der Waals surface area contributed by atoms with Crippen molar-refractivity contribution in [3.63, 3.8) is 0 Å². The van der Waals surface area contributed by atoms with Crippen LogP contribution in [0.4, 0.5) is 0 Å². The van der Waals surface area contributed by atoms with Crippen LogP contribution in [-0.4, -0.2) is 8.31 Å². The highest BCUT2D eigenvalue weighted by atomic mass is 127. The van der Waals surface area contributed by atoms with Gasteiger partial charge in [0.25, 0.3) is 0 Å². The lowest BCUT2D eigenvalue weighted by Crippen LogP contribution is -2.00. The van der Waals surface area contributed by atoms with Crippen LogP contribution >= 0.6 is 34.2 Å². The zero-order chi connectivity index (χ0) is 8.27. The zero-order valence-electron chi connectivity index (χ0n) is 5.59. The largest absolute Gasteiger partial charge is 0.611 e. The van der Waals surface area contributed by atoms with Gasteiger partial charge in [-0.15, -0.1) is 0 Å². The Morgan fingerprint density at radius 2 is 1.91 bits per heavy atom. The van der Waals surface area contributed by atoms with Crippen molar-refractivity contribution in [1.82, 2.24) is 0 Å². The van der Waals surface area contributed by atoms with Gasteiger partial charge in [0, 0.05) is 5.02 Å². The fourth-order valence-electron chi connectivity index (χ4n) is 0.649. The molecule has 1 atom stereocenters. The highest BCUT2D eigenvalue weighted by molar-refractivity contribution is 14.1. The third-order valence-corrected chi connectivity index (χ3v) is 4.12. The molecule has 1 aromatic rings. The predicted octanol–water partition coefficient (Wildman–Crippen LogP) is 2.84. The maximum absolute atomic E-state index is 11.2. The Morgan fingerprint density at radius 1 is 1.36 bits per heavy atom. The van der Waals surface area contributed by atoms with Crippen molar-refractivity contribution in [3.8, 4) is 0 Å². The van der Waals surface area contributed by atoms with Crippen LogP contribution in [0.15, 0.2) is 29.2 Å². The van der Waals surface area contributed by atoms with Crippen LogP contribution < -0.4 is 0 Å². The van der Waals surface area contributed by atoms with Gasteiger partial charge >= 0.3 is 0 Å². The zero-order valence-corrected chi connectivity index (χ0v) is 9.32. The highest BCUT2D eigenvalue weighted by Gasteiger charge is 2.06. The Labute approximate surface area is 87.5 Å². The Balaban J connectivity index is 2.81. The SMILES string of the molecule is [O-][S+](CI)c1ccc(Cl)cc1. The lowest BCUT2D eigenvalue weighted by molar-refractivity contribution is 0.600. The Morgan fingerprint density at radius 3 is 2.36 bits per heavy atom. The van der Waals surface area contributed by atoms with E-state index in [1.807, 2.05) is 0 Å². The van der Waals surface area contributed by atoms with Crippen LogP contribution in [0.3, 0.4) is 0 Å². The van der Waals surface area contributed by atoms with E-state index in [0.29, 0.717) is 8.78 Å². The minimum atomic E-state index is -0.871. The molecule has 0 radical (unpaired) electrons. The van der Waals surface area contributed by atoms with E-state index < -0.39 is 11.2 Å². The van der Waals surface area contributed by atoms with Crippen LogP contribution in [0.2, 0.25) is 5.02 Å². The monoisotopic (exact) mass is 300 g/mol. The molecule has 1 nitrogen and oxygen atoms in total. The van der Waals surface area contributed by atoms with Gasteiger partial charge in [-0.2, -0.15) is 0 Å². The average molecular weight is 301 g/mol. The molecule has 0 spiro atoms. The van der Waals surface area contributed by atoms with Crippen LogP contribution in [0, 0.1) is 0 Å². The molecule has 0 saturated heterocycles. The molecule has 0 heterocycles. The van der Waals surface area contributed by atoms with Gasteiger partial charge in [0.05, 0.1) is 0 Å². The third kappa shape index (κ3) is 2.82. The average Bonchev–Trinajstić information content (AvgIpc) is 2.05. The van der Waals surface area contributed by atoms with Crippen molar-refractivity contribution in [2.24, 2.45) is 0 Å². The predicted molar refractivity (Wildman–Crippen MR) is 56.7 cm³/mol. The van der Waals surface area contributed by atoms with Gasteiger partial charge in [0.2, 0.25) is 0 Å². The molecule has 0 aromatic heterocycles. The first-order chi connectivity index (χ1) is 5.24. The lowest BCUT2D eigenvalue weighted by Gasteiger charge is -2.05. The first-order valence-corrected chi connectivity index (χ1v) is 6.16. The summed E-state index contributed by atoms with van der Waals surface area (Å²) >= 11 is 6.88. The quantitative estimate of drug-likeness (QED) is 0.468. The van der Waals surface area contributed by atoms with Gasteiger partial charge in [0.1, 0.15) is 0 Å². The van der Waals surface area contributed by atoms with Gasteiger partial charge in [-0.25, -0.2) is 0 Å². The Hall–Kier alpha value is 0.550. The second-order valence-electron chi connectivity index (χ2n) is 1.91. The number of alkyl halides is 1.